The summed E-state index contributed by atoms with van der Waals surface area (Å²) < 4.78 is 28.6. The molecule has 0 N–H and O–H groups in total. The molecule has 0 bridgehead atoms. The minimum absolute atomic E-state index is 0.617. The monoisotopic (exact) mass is 476 g/mol. The Balaban J connectivity index is 1.34. The van der Waals surface area contributed by atoms with Gasteiger partial charge in [0, 0.05) is 20.2 Å². The maximum Gasteiger partial charge on any atom is 0.180 e. The van der Waals surface area contributed by atoms with Crippen LogP contribution in [0.25, 0.3) is 38.3 Å². The van der Waals surface area contributed by atoms with E-state index in [4.69, 9.17) is 18.9 Å². The van der Waals surface area contributed by atoms with E-state index in [-0.39, 0.29) is 0 Å². The predicted molar refractivity (Wildman–Crippen MR) is 124 cm³/mol. The molecule has 29 heavy (non-hydrogen) atoms. The molecule has 0 unspecified atom stereocenters. The van der Waals surface area contributed by atoms with Crippen molar-refractivity contribution in [2.24, 2.45) is 0 Å². The molecule has 2 aliphatic heterocycles. The topological polar surface area (TPSA) is 36.9 Å². The van der Waals surface area contributed by atoms with Gasteiger partial charge in [-0.2, -0.15) is 0 Å². The van der Waals surface area contributed by atoms with Crippen LogP contribution in [0.2, 0.25) is 0 Å². The Morgan fingerprint density at radius 2 is 1.07 bits per heavy atom. The molecule has 0 aliphatic carbocycles. The molecular formula is C20H12O4S5. The van der Waals surface area contributed by atoms with Crippen molar-refractivity contribution in [1.82, 2.24) is 0 Å². The van der Waals surface area contributed by atoms with Gasteiger partial charge in [0.05, 0.1) is 28.9 Å². The molecular weight excluding hydrogens is 465 g/mol. The van der Waals surface area contributed by atoms with Gasteiger partial charge in [-0.1, -0.05) is 0 Å². The second-order valence-electron chi connectivity index (χ2n) is 6.62. The summed E-state index contributed by atoms with van der Waals surface area (Å²) in [6.45, 7) is 2.49. The summed E-state index contributed by atoms with van der Waals surface area (Å²) in [7, 11) is 0. The van der Waals surface area contributed by atoms with Crippen molar-refractivity contribution >= 4 is 75.5 Å². The van der Waals surface area contributed by atoms with Crippen LogP contribution >= 0.6 is 56.7 Å². The summed E-state index contributed by atoms with van der Waals surface area (Å²) in [6, 6.07) is 4.59. The van der Waals surface area contributed by atoms with Crippen molar-refractivity contribution in [1.29, 1.82) is 0 Å². The van der Waals surface area contributed by atoms with Gasteiger partial charge in [-0.25, -0.2) is 0 Å². The van der Waals surface area contributed by atoms with E-state index >= 15 is 0 Å². The van der Waals surface area contributed by atoms with Crippen LogP contribution in [0.15, 0.2) is 22.9 Å². The number of hydrogen-bond acceptors (Lipinski definition) is 9. The Morgan fingerprint density at radius 3 is 1.59 bits per heavy atom. The van der Waals surface area contributed by atoms with Gasteiger partial charge in [-0.05, 0) is 12.1 Å². The van der Waals surface area contributed by atoms with Crippen molar-refractivity contribution in [2.45, 2.75) is 0 Å². The van der Waals surface area contributed by atoms with Gasteiger partial charge >= 0.3 is 0 Å². The van der Waals surface area contributed by atoms with Crippen LogP contribution in [0.3, 0.4) is 0 Å². The molecule has 2 aliphatic rings. The Kier molecular flexibility index (Phi) is 3.72. The summed E-state index contributed by atoms with van der Waals surface area (Å²) in [5, 5.41) is 4.11. The third kappa shape index (κ3) is 2.51. The maximum atomic E-state index is 5.89. The van der Waals surface area contributed by atoms with E-state index in [1.54, 1.807) is 22.7 Å². The van der Waals surface area contributed by atoms with Crippen molar-refractivity contribution in [3.05, 3.63) is 22.9 Å². The maximum absolute atomic E-state index is 5.89. The molecule has 7 heterocycles. The number of rotatable bonds is 2. The smallest absolute Gasteiger partial charge is 0.180 e. The summed E-state index contributed by atoms with van der Waals surface area (Å²) in [5.41, 5.74) is 0. The SMILES string of the molecule is c1sc(-c2cc3sc4cc(-c5scc6c5OCCO6)sc4c3s2)c2c1OCCO2. The van der Waals surface area contributed by atoms with Crippen LogP contribution < -0.4 is 18.9 Å². The number of thiophene rings is 5. The summed E-state index contributed by atoms with van der Waals surface area (Å²) in [5.74, 6) is 3.56. The first-order chi connectivity index (χ1) is 14.3. The Morgan fingerprint density at radius 1 is 0.586 bits per heavy atom. The molecule has 9 heteroatoms. The van der Waals surface area contributed by atoms with Gasteiger partial charge in [-0.15, -0.1) is 56.7 Å². The van der Waals surface area contributed by atoms with Gasteiger partial charge in [0.2, 0.25) is 0 Å². The fourth-order valence-electron chi connectivity index (χ4n) is 3.62. The van der Waals surface area contributed by atoms with Crippen LogP contribution in [-0.4, -0.2) is 26.4 Å². The molecule has 0 saturated carbocycles. The molecule has 0 saturated heterocycles. The minimum Gasteiger partial charge on any atom is -0.485 e. The lowest BCUT2D eigenvalue weighted by molar-refractivity contribution is 0.174. The third-order valence-electron chi connectivity index (χ3n) is 4.87. The van der Waals surface area contributed by atoms with E-state index in [0.29, 0.717) is 26.4 Å². The highest BCUT2D eigenvalue weighted by molar-refractivity contribution is 7.41. The van der Waals surface area contributed by atoms with Crippen LogP contribution in [0, 0.1) is 0 Å². The van der Waals surface area contributed by atoms with Crippen LogP contribution in [0.4, 0.5) is 0 Å². The van der Waals surface area contributed by atoms with E-state index in [9.17, 15) is 0 Å². The summed E-state index contributed by atoms with van der Waals surface area (Å²) >= 11 is 8.95. The second kappa shape index (κ2) is 6.36. The standard InChI is InChI=1S/C20H12O4S5/c1-3-23-15-9(21-1)7-25-17(15)11-5-13-19(28-11)20-14(27-13)6-12(29-20)18-16-10(8-26-18)22-2-4-24-16/h5-8H,1-4H2. The van der Waals surface area contributed by atoms with E-state index in [1.807, 2.05) is 34.0 Å². The van der Waals surface area contributed by atoms with Gasteiger partial charge in [0.1, 0.15) is 26.4 Å². The van der Waals surface area contributed by atoms with E-state index < -0.39 is 0 Å². The number of hydrogen-bond donors (Lipinski definition) is 0. The zero-order valence-electron chi connectivity index (χ0n) is 14.8. The van der Waals surface area contributed by atoms with Crippen molar-refractivity contribution in [3.63, 3.8) is 0 Å². The second-order valence-corrected chi connectivity index (χ2v) is 11.6. The van der Waals surface area contributed by atoms with Gasteiger partial charge in [0.25, 0.3) is 0 Å². The molecule has 146 valence electrons. The lowest BCUT2D eigenvalue weighted by Crippen LogP contribution is -2.14. The Labute approximate surface area is 185 Å². The molecule has 4 nitrogen and oxygen atoms in total. The lowest BCUT2D eigenvalue weighted by atomic mass is 10.3. The highest BCUT2D eigenvalue weighted by atomic mass is 32.1. The molecule has 0 fully saturated rings. The average molecular weight is 477 g/mol. The summed E-state index contributed by atoms with van der Waals surface area (Å²) in [4.78, 5) is 4.86. The average Bonchev–Trinajstić information content (AvgIpc) is 3.52. The van der Waals surface area contributed by atoms with E-state index in [0.717, 1.165) is 23.0 Å². The molecule has 0 amide bonds. The highest BCUT2D eigenvalue weighted by Gasteiger charge is 2.24. The lowest BCUT2D eigenvalue weighted by Gasteiger charge is -2.15. The van der Waals surface area contributed by atoms with Crippen LogP contribution in [0.1, 0.15) is 0 Å². The van der Waals surface area contributed by atoms with Gasteiger partial charge in [0.15, 0.2) is 23.0 Å². The Bertz CT molecular complexity index is 1280. The first kappa shape index (κ1) is 17.0. The zero-order valence-corrected chi connectivity index (χ0v) is 18.9. The normalized spacial score (nSPS) is 15.4. The van der Waals surface area contributed by atoms with E-state index in [1.165, 1.54) is 38.3 Å². The zero-order chi connectivity index (χ0) is 18.9. The summed E-state index contributed by atoms with van der Waals surface area (Å²) in [6.07, 6.45) is 0. The molecule has 0 aromatic carbocycles. The molecule has 0 radical (unpaired) electrons. The molecule has 0 spiro atoms. The molecule has 5 aromatic rings. The predicted octanol–water partition coefficient (Wildman–Crippen LogP) is 7.18. The van der Waals surface area contributed by atoms with Crippen LogP contribution in [-0.2, 0) is 0 Å². The van der Waals surface area contributed by atoms with Crippen molar-refractivity contribution in [3.8, 4) is 42.5 Å². The van der Waals surface area contributed by atoms with Crippen molar-refractivity contribution in [2.75, 3.05) is 26.4 Å². The van der Waals surface area contributed by atoms with Gasteiger partial charge < -0.3 is 18.9 Å². The number of fused-ring (bicyclic) bond motifs is 5. The molecule has 5 aromatic heterocycles. The Hall–Kier alpha value is -1.78. The third-order valence-corrected chi connectivity index (χ3v) is 10.9. The van der Waals surface area contributed by atoms with Crippen LogP contribution in [0.5, 0.6) is 23.0 Å². The largest absolute Gasteiger partial charge is 0.485 e. The fraction of sp³-hybridized carbons (Fsp3) is 0.200. The quantitative estimate of drug-likeness (QED) is 0.270. The first-order valence-electron chi connectivity index (χ1n) is 9.06. The van der Waals surface area contributed by atoms with Crippen molar-refractivity contribution < 1.29 is 18.9 Å². The first-order valence-corrected chi connectivity index (χ1v) is 13.3. The minimum atomic E-state index is 0.617. The number of ether oxygens (including phenoxy) is 4. The molecule has 0 atom stereocenters. The fourth-order valence-corrected chi connectivity index (χ4v) is 9.74. The van der Waals surface area contributed by atoms with E-state index in [2.05, 4.69) is 22.9 Å². The highest BCUT2D eigenvalue weighted by Crippen LogP contribution is 2.54. The molecule has 7 rings (SSSR count). The van der Waals surface area contributed by atoms with Gasteiger partial charge in [-0.3, -0.25) is 0 Å².